The highest BCUT2D eigenvalue weighted by atomic mass is 35.5. The average molecular weight is 292 g/mol. The van der Waals surface area contributed by atoms with Gasteiger partial charge < -0.3 is 10.3 Å². The number of aryl methyl sites for hydroxylation is 1. The Balaban J connectivity index is 1.80. The minimum atomic E-state index is -0.404. The number of aromatic amines is 1. The van der Waals surface area contributed by atoms with E-state index < -0.39 is 5.56 Å². The molecule has 20 heavy (non-hydrogen) atoms. The molecule has 2 aromatic rings. The van der Waals surface area contributed by atoms with Crippen molar-refractivity contribution in [3.63, 3.8) is 0 Å². The number of nitrogens with one attached hydrogen (secondary N) is 2. The van der Waals surface area contributed by atoms with Crippen molar-refractivity contribution in [1.29, 1.82) is 0 Å². The summed E-state index contributed by atoms with van der Waals surface area (Å²) in [6.45, 7) is 0.534. The van der Waals surface area contributed by atoms with Gasteiger partial charge in [-0.15, -0.1) is 0 Å². The largest absolute Gasteiger partial charge is 0.352 e. The molecule has 0 aromatic carbocycles. The summed E-state index contributed by atoms with van der Waals surface area (Å²) >= 11 is 5.67. The summed E-state index contributed by atoms with van der Waals surface area (Å²) < 4.78 is 0. The highest BCUT2D eigenvalue weighted by molar-refractivity contribution is 6.30. The number of hydrogen-bond acceptors (Lipinski definition) is 3. The van der Waals surface area contributed by atoms with Crippen molar-refractivity contribution in [3.8, 4) is 0 Å². The van der Waals surface area contributed by atoms with E-state index in [1.54, 1.807) is 6.20 Å². The maximum absolute atomic E-state index is 11.8. The summed E-state index contributed by atoms with van der Waals surface area (Å²) in [7, 11) is 0. The minimum Gasteiger partial charge on any atom is -0.352 e. The van der Waals surface area contributed by atoms with Gasteiger partial charge in [-0.2, -0.15) is 0 Å². The van der Waals surface area contributed by atoms with Crippen LogP contribution in [0.3, 0.4) is 0 Å². The Kier molecular flexibility index (Phi) is 4.90. The van der Waals surface area contributed by atoms with Crippen LogP contribution in [0, 0.1) is 0 Å². The van der Waals surface area contributed by atoms with Crippen molar-refractivity contribution in [2.75, 3.05) is 6.54 Å². The molecule has 104 valence electrons. The molecule has 0 fully saturated rings. The van der Waals surface area contributed by atoms with Crippen molar-refractivity contribution in [2.24, 2.45) is 0 Å². The van der Waals surface area contributed by atoms with Crippen molar-refractivity contribution < 1.29 is 4.79 Å². The maximum atomic E-state index is 11.8. The first-order valence-electron chi connectivity index (χ1n) is 6.23. The van der Waals surface area contributed by atoms with Crippen LogP contribution in [-0.4, -0.2) is 22.4 Å². The minimum absolute atomic E-state index is 0.00568. The van der Waals surface area contributed by atoms with Gasteiger partial charge in [0.05, 0.1) is 5.56 Å². The van der Waals surface area contributed by atoms with Crippen LogP contribution in [-0.2, 0) is 6.42 Å². The molecule has 0 atom stereocenters. The first-order valence-corrected chi connectivity index (χ1v) is 6.61. The van der Waals surface area contributed by atoms with E-state index in [2.05, 4.69) is 15.3 Å². The zero-order valence-electron chi connectivity index (χ0n) is 10.7. The first kappa shape index (κ1) is 14.3. The lowest BCUT2D eigenvalue weighted by Gasteiger charge is -2.05. The van der Waals surface area contributed by atoms with Crippen LogP contribution in [0.1, 0.15) is 22.5 Å². The zero-order valence-corrected chi connectivity index (χ0v) is 11.5. The van der Waals surface area contributed by atoms with Gasteiger partial charge in [0, 0.05) is 24.6 Å². The van der Waals surface area contributed by atoms with Crippen LogP contribution in [0.25, 0.3) is 0 Å². The van der Waals surface area contributed by atoms with Gasteiger partial charge in [0.1, 0.15) is 5.02 Å². The second kappa shape index (κ2) is 6.86. The zero-order chi connectivity index (χ0) is 14.4. The quantitative estimate of drug-likeness (QED) is 0.825. The van der Waals surface area contributed by atoms with E-state index in [0.29, 0.717) is 12.1 Å². The number of carbonyl (C=O) groups excluding carboxylic acids is 1. The number of pyridine rings is 2. The van der Waals surface area contributed by atoms with E-state index in [0.717, 1.165) is 18.5 Å². The van der Waals surface area contributed by atoms with Crippen LogP contribution < -0.4 is 10.9 Å². The van der Waals surface area contributed by atoms with Crippen LogP contribution in [0.5, 0.6) is 0 Å². The number of amides is 1. The first-order chi connectivity index (χ1) is 9.66. The molecule has 0 spiro atoms. The SMILES string of the molecule is O=C(NCCCc1ccccn1)c1c[nH]c(=O)c(Cl)c1. The molecule has 2 rings (SSSR count). The Morgan fingerprint density at radius 2 is 2.25 bits per heavy atom. The molecule has 0 aliphatic rings. The lowest BCUT2D eigenvalue weighted by Crippen LogP contribution is -2.25. The van der Waals surface area contributed by atoms with Gasteiger partial charge in [0.15, 0.2) is 0 Å². The van der Waals surface area contributed by atoms with E-state index in [1.807, 2.05) is 18.2 Å². The molecular weight excluding hydrogens is 278 g/mol. The van der Waals surface area contributed by atoms with Gasteiger partial charge in [-0.05, 0) is 31.0 Å². The number of H-pyrrole nitrogens is 1. The normalized spacial score (nSPS) is 10.2. The van der Waals surface area contributed by atoms with E-state index >= 15 is 0 Å². The van der Waals surface area contributed by atoms with Gasteiger partial charge in [0.25, 0.3) is 11.5 Å². The lowest BCUT2D eigenvalue weighted by atomic mass is 10.2. The molecule has 0 unspecified atom stereocenters. The van der Waals surface area contributed by atoms with Crippen LogP contribution in [0.15, 0.2) is 41.5 Å². The molecule has 1 amide bonds. The van der Waals surface area contributed by atoms with Crippen LogP contribution in [0.4, 0.5) is 0 Å². The topological polar surface area (TPSA) is 74.8 Å². The third kappa shape index (κ3) is 3.93. The number of hydrogen-bond donors (Lipinski definition) is 2. The Hall–Kier alpha value is -2.14. The van der Waals surface area contributed by atoms with Crippen LogP contribution >= 0.6 is 11.6 Å². The average Bonchev–Trinajstić information content (AvgIpc) is 2.47. The second-order valence-corrected chi connectivity index (χ2v) is 4.65. The van der Waals surface area contributed by atoms with Crippen molar-refractivity contribution in [2.45, 2.75) is 12.8 Å². The van der Waals surface area contributed by atoms with Gasteiger partial charge >= 0.3 is 0 Å². The molecular formula is C14H14ClN3O2. The monoisotopic (exact) mass is 291 g/mol. The molecule has 0 bridgehead atoms. The van der Waals surface area contributed by atoms with Gasteiger partial charge in [-0.1, -0.05) is 17.7 Å². The molecule has 0 radical (unpaired) electrons. The van der Waals surface area contributed by atoms with E-state index in [1.165, 1.54) is 12.3 Å². The Morgan fingerprint density at radius 1 is 1.40 bits per heavy atom. The predicted molar refractivity (Wildman–Crippen MR) is 77.0 cm³/mol. The Bertz CT molecular complexity index is 640. The standard InChI is InChI=1S/C14H14ClN3O2/c15-12-8-10(9-18-14(12)20)13(19)17-7-3-5-11-4-1-2-6-16-11/h1-2,4,6,8-9H,3,5,7H2,(H,17,19)(H,18,20). The fraction of sp³-hybridized carbons (Fsp3) is 0.214. The highest BCUT2D eigenvalue weighted by Crippen LogP contribution is 2.04. The van der Waals surface area contributed by atoms with Crippen molar-refractivity contribution >= 4 is 17.5 Å². The second-order valence-electron chi connectivity index (χ2n) is 4.25. The molecule has 0 saturated heterocycles. The fourth-order valence-electron chi connectivity index (χ4n) is 1.71. The summed E-state index contributed by atoms with van der Waals surface area (Å²) in [6.07, 6.45) is 4.69. The number of halogens is 1. The van der Waals surface area contributed by atoms with Gasteiger partial charge in [-0.3, -0.25) is 14.6 Å². The fourth-order valence-corrected chi connectivity index (χ4v) is 1.88. The molecule has 0 saturated carbocycles. The van der Waals surface area contributed by atoms with Crippen molar-refractivity contribution in [1.82, 2.24) is 15.3 Å². The molecule has 2 heterocycles. The maximum Gasteiger partial charge on any atom is 0.266 e. The Morgan fingerprint density at radius 3 is 2.95 bits per heavy atom. The third-order valence-electron chi connectivity index (χ3n) is 2.74. The van der Waals surface area contributed by atoms with Gasteiger partial charge in [-0.25, -0.2) is 0 Å². The van der Waals surface area contributed by atoms with E-state index in [4.69, 9.17) is 11.6 Å². The molecule has 2 aromatic heterocycles. The van der Waals surface area contributed by atoms with Gasteiger partial charge in [0.2, 0.25) is 0 Å². The smallest absolute Gasteiger partial charge is 0.266 e. The van der Waals surface area contributed by atoms with E-state index in [-0.39, 0.29) is 10.9 Å². The summed E-state index contributed by atoms with van der Waals surface area (Å²) in [5, 5.41) is 2.77. The summed E-state index contributed by atoms with van der Waals surface area (Å²) in [5.41, 5.74) is 0.930. The molecule has 2 N–H and O–H groups in total. The molecule has 6 heteroatoms. The number of nitrogens with zero attached hydrogens (tertiary/aromatic N) is 1. The van der Waals surface area contributed by atoms with Crippen molar-refractivity contribution in [3.05, 3.63) is 63.3 Å². The number of aromatic nitrogens is 2. The lowest BCUT2D eigenvalue weighted by molar-refractivity contribution is 0.0953. The molecule has 0 aliphatic heterocycles. The Labute approximate surface area is 121 Å². The third-order valence-corrected chi connectivity index (χ3v) is 3.02. The highest BCUT2D eigenvalue weighted by Gasteiger charge is 2.07. The molecule has 5 nitrogen and oxygen atoms in total. The summed E-state index contributed by atoms with van der Waals surface area (Å²) in [6, 6.07) is 7.10. The van der Waals surface area contributed by atoms with Crippen LogP contribution in [0.2, 0.25) is 5.02 Å². The summed E-state index contributed by atoms with van der Waals surface area (Å²) in [5.74, 6) is -0.260. The summed E-state index contributed by atoms with van der Waals surface area (Å²) in [4.78, 5) is 29.5. The number of rotatable bonds is 5. The number of carbonyl (C=O) groups is 1. The molecule has 0 aliphatic carbocycles. The predicted octanol–water partition coefficient (Wildman–Crippen LogP) is 1.79. The van der Waals surface area contributed by atoms with E-state index in [9.17, 15) is 9.59 Å².